The Bertz CT molecular complexity index is 1070. The van der Waals surface area contributed by atoms with Crippen LogP contribution in [0.5, 0.6) is 0 Å². The number of oxazole rings is 1. The van der Waals surface area contributed by atoms with Gasteiger partial charge in [-0.25, -0.2) is 4.98 Å². The molecule has 0 atom stereocenters. The predicted octanol–water partition coefficient (Wildman–Crippen LogP) is 4.40. The highest BCUT2D eigenvalue weighted by Crippen LogP contribution is 2.24. The second-order valence-electron chi connectivity index (χ2n) is 7.18. The molecule has 30 heavy (non-hydrogen) atoms. The quantitative estimate of drug-likeness (QED) is 0.676. The summed E-state index contributed by atoms with van der Waals surface area (Å²) >= 11 is 1.87. The van der Waals surface area contributed by atoms with Crippen molar-refractivity contribution in [1.82, 2.24) is 9.88 Å². The molecule has 0 unspecified atom stereocenters. The Morgan fingerprint density at radius 1 is 1.07 bits per heavy atom. The van der Waals surface area contributed by atoms with Gasteiger partial charge < -0.3 is 14.6 Å². The van der Waals surface area contributed by atoms with Crippen LogP contribution in [0.15, 0.2) is 52.9 Å². The van der Waals surface area contributed by atoms with Crippen molar-refractivity contribution < 1.29 is 14.0 Å². The number of aryl methyl sites for hydroxylation is 2. The zero-order valence-electron chi connectivity index (χ0n) is 17.0. The van der Waals surface area contributed by atoms with E-state index in [1.807, 2.05) is 60.0 Å². The van der Waals surface area contributed by atoms with Gasteiger partial charge in [0.1, 0.15) is 5.76 Å². The standard InChI is InChI=1S/C23H23N3O3S/c1-15-14-18(23(28)26-10-12-30-13-11-26)8-9-19(15)24-21(27)20-16(2)29-22(25-20)17-6-4-3-5-7-17/h3-9,14H,10-13H2,1-2H3,(H,24,27). The summed E-state index contributed by atoms with van der Waals surface area (Å²) in [6.07, 6.45) is 0. The summed E-state index contributed by atoms with van der Waals surface area (Å²) < 4.78 is 5.68. The summed E-state index contributed by atoms with van der Waals surface area (Å²) in [6.45, 7) is 5.15. The van der Waals surface area contributed by atoms with Crippen LogP contribution >= 0.6 is 11.8 Å². The molecule has 6 nitrogen and oxygen atoms in total. The normalized spacial score (nSPS) is 13.9. The molecular formula is C23H23N3O3S. The third kappa shape index (κ3) is 4.26. The number of anilines is 1. The number of rotatable bonds is 4. The van der Waals surface area contributed by atoms with E-state index in [1.54, 1.807) is 19.1 Å². The number of benzene rings is 2. The highest BCUT2D eigenvalue weighted by Gasteiger charge is 2.21. The van der Waals surface area contributed by atoms with Crippen LogP contribution in [0.25, 0.3) is 11.5 Å². The van der Waals surface area contributed by atoms with E-state index in [-0.39, 0.29) is 17.5 Å². The maximum atomic E-state index is 12.8. The molecule has 0 saturated carbocycles. The minimum absolute atomic E-state index is 0.0381. The van der Waals surface area contributed by atoms with Crippen molar-refractivity contribution in [3.05, 3.63) is 71.1 Å². The molecule has 2 amide bonds. The Morgan fingerprint density at radius 2 is 1.80 bits per heavy atom. The largest absolute Gasteiger partial charge is 0.441 e. The van der Waals surface area contributed by atoms with E-state index in [2.05, 4.69) is 10.3 Å². The highest BCUT2D eigenvalue weighted by atomic mass is 32.2. The molecule has 1 N–H and O–H groups in total. The second kappa shape index (κ2) is 8.75. The number of thioether (sulfide) groups is 1. The lowest BCUT2D eigenvalue weighted by molar-refractivity contribution is 0.0772. The van der Waals surface area contributed by atoms with Gasteiger partial charge in [0.25, 0.3) is 11.8 Å². The Morgan fingerprint density at radius 3 is 2.50 bits per heavy atom. The Kier molecular flexibility index (Phi) is 5.90. The number of amides is 2. The molecule has 2 aromatic carbocycles. The minimum atomic E-state index is -0.339. The summed E-state index contributed by atoms with van der Waals surface area (Å²) in [7, 11) is 0. The van der Waals surface area contributed by atoms with E-state index in [0.717, 1.165) is 35.7 Å². The molecule has 3 aromatic rings. The van der Waals surface area contributed by atoms with Gasteiger partial charge in [-0.2, -0.15) is 11.8 Å². The van der Waals surface area contributed by atoms with E-state index in [0.29, 0.717) is 22.9 Å². The lowest BCUT2D eigenvalue weighted by Crippen LogP contribution is -2.37. The average molecular weight is 422 g/mol. The summed E-state index contributed by atoms with van der Waals surface area (Å²) in [5.74, 6) is 2.51. The minimum Gasteiger partial charge on any atom is -0.441 e. The number of hydrogen-bond acceptors (Lipinski definition) is 5. The van der Waals surface area contributed by atoms with Gasteiger partial charge in [0.15, 0.2) is 5.69 Å². The molecule has 154 valence electrons. The molecule has 2 heterocycles. The molecule has 0 spiro atoms. The summed E-state index contributed by atoms with van der Waals surface area (Å²) in [5.41, 5.74) is 3.18. The van der Waals surface area contributed by atoms with Crippen molar-refractivity contribution in [2.75, 3.05) is 29.9 Å². The lowest BCUT2D eigenvalue weighted by atomic mass is 10.1. The SMILES string of the molecule is Cc1cc(C(=O)N2CCSCC2)ccc1NC(=O)c1nc(-c2ccccc2)oc1C. The summed E-state index contributed by atoms with van der Waals surface area (Å²) in [4.78, 5) is 31.7. The molecule has 4 rings (SSSR count). The summed E-state index contributed by atoms with van der Waals surface area (Å²) in [6, 6.07) is 14.8. The van der Waals surface area contributed by atoms with E-state index >= 15 is 0 Å². The van der Waals surface area contributed by atoms with Gasteiger partial charge in [0.05, 0.1) is 0 Å². The molecule has 7 heteroatoms. The fourth-order valence-electron chi connectivity index (χ4n) is 3.38. The molecule has 0 bridgehead atoms. The third-order valence-corrected chi connectivity index (χ3v) is 5.99. The first-order chi connectivity index (χ1) is 14.5. The van der Waals surface area contributed by atoms with Crippen molar-refractivity contribution in [3.8, 4) is 11.5 Å². The zero-order valence-corrected chi connectivity index (χ0v) is 17.8. The maximum absolute atomic E-state index is 12.8. The van der Waals surface area contributed by atoms with E-state index in [4.69, 9.17) is 4.42 Å². The second-order valence-corrected chi connectivity index (χ2v) is 8.40. The maximum Gasteiger partial charge on any atom is 0.277 e. The number of carbonyl (C=O) groups is 2. The molecule has 1 saturated heterocycles. The smallest absolute Gasteiger partial charge is 0.277 e. The third-order valence-electron chi connectivity index (χ3n) is 5.05. The average Bonchev–Trinajstić information content (AvgIpc) is 3.17. The summed E-state index contributed by atoms with van der Waals surface area (Å²) in [5, 5.41) is 2.89. The topological polar surface area (TPSA) is 75.4 Å². The molecule has 1 aliphatic rings. The number of aromatic nitrogens is 1. The van der Waals surface area contributed by atoms with Gasteiger partial charge in [0, 0.05) is 41.4 Å². The van der Waals surface area contributed by atoms with Crippen LogP contribution in [0.4, 0.5) is 5.69 Å². The number of nitrogens with zero attached hydrogens (tertiary/aromatic N) is 2. The fourth-order valence-corrected chi connectivity index (χ4v) is 4.28. The van der Waals surface area contributed by atoms with Crippen molar-refractivity contribution in [1.29, 1.82) is 0 Å². The van der Waals surface area contributed by atoms with Crippen molar-refractivity contribution in [2.24, 2.45) is 0 Å². The molecule has 1 aliphatic heterocycles. The van der Waals surface area contributed by atoms with Crippen LogP contribution in [0.1, 0.15) is 32.2 Å². The number of carbonyl (C=O) groups excluding carboxylic acids is 2. The van der Waals surface area contributed by atoms with Crippen LogP contribution in [-0.2, 0) is 0 Å². The van der Waals surface area contributed by atoms with Crippen LogP contribution in [0.2, 0.25) is 0 Å². The van der Waals surface area contributed by atoms with Gasteiger partial charge in [-0.15, -0.1) is 0 Å². The van der Waals surface area contributed by atoms with Crippen molar-refractivity contribution in [3.63, 3.8) is 0 Å². The van der Waals surface area contributed by atoms with Crippen LogP contribution < -0.4 is 5.32 Å². The van der Waals surface area contributed by atoms with Crippen LogP contribution in [0, 0.1) is 13.8 Å². The first-order valence-electron chi connectivity index (χ1n) is 9.85. The van der Waals surface area contributed by atoms with Crippen LogP contribution in [-0.4, -0.2) is 46.3 Å². The zero-order chi connectivity index (χ0) is 21.1. The van der Waals surface area contributed by atoms with Gasteiger partial charge in [-0.3, -0.25) is 9.59 Å². The predicted molar refractivity (Wildman–Crippen MR) is 119 cm³/mol. The first kappa shape index (κ1) is 20.2. The number of hydrogen-bond donors (Lipinski definition) is 1. The molecule has 1 aromatic heterocycles. The van der Waals surface area contributed by atoms with E-state index in [1.165, 1.54) is 0 Å². The first-order valence-corrected chi connectivity index (χ1v) is 11.0. The fraction of sp³-hybridized carbons (Fsp3) is 0.261. The Hall–Kier alpha value is -3.06. The van der Waals surface area contributed by atoms with Crippen molar-refractivity contribution in [2.45, 2.75) is 13.8 Å². The molecule has 0 aliphatic carbocycles. The number of nitrogens with one attached hydrogen (secondary N) is 1. The molecule has 0 radical (unpaired) electrons. The molecular weight excluding hydrogens is 398 g/mol. The Balaban J connectivity index is 1.50. The van der Waals surface area contributed by atoms with Crippen LogP contribution in [0.3, 0.4) is 0 Å². The lowest BCUT2D eigenvalue weighted by Gasteiger charge is -2.26. The van der Waals surface area contributed by atoms with Gasteiger partial charge in [-0.1, -0.05) is 18.2 Å². The Labute approximate surface area is 179 Å². The van der Waals surface area contributed by atoms with E-state index < -0.39 is 0 Å². The van der Waals surface area contributed by atoms with Gasteiger partial charge in [-0.05, 0) is 49.7 Å². The van der Waals surface area contributed by atoms with Gasteiger partial charge in [0.2, 0.25) is 5.89 Å². The highest BCUT2D eigenvalue weighted by molar-refractivity contribution is 7.99. The molecule has 1 fully saturated rings. The monoisotopic (exact) mass is 421 g/mol. The van der Waals surface area contributed by atoms with Crippen molar-refractivity contribution >= 4 is 29.3 Å². The van der Waals surface area contributed by atoms with Gasteiger partial charge >= 0.3 is 0 Å². The van der Waals surface area contributed by atoms with E-state index in [9.17, 15) is 9.59 Å².